The first-order valence-corrected chi connectivity index (χ1v) is 8.12. The molecule has 1 heterocycles. The first-order valence-electron chi connectivity index (χ1n) is 6.57. The van der Waals surface area contributed by atoms with Crippen molar-refractivity contribution in [1.29, 1.82) is 0 Å². The Bertz CT molecular complexity index is 535. The Morgan fingerprint density at radius 3 is 2.84 bits per heavy atom. The zero-order valence-corrected chi connectivity index (χ0v) is 12.0. The number of primary sulfonamides is 1. The number of nitrogens with two attached hydrogens (primary N) is 1. The third-order valence-electron chi connectivity index (χ3n) is 3.47. The van der Waals surface area contributed by atoms with Gasteiger partial charge < -0.3 is 10.6 Å². The molecule has 6 heteroatoms. The van der Waals surface area contributed by atoms with Gasteiger partial charge in [-0.15, -0.1) is 0 Å². The van der Waals surface area contributed by atoms with Gasteiger partial charge in [-0.3, -0.25) is 0 Å². The minimum Gasteiger partial charge on any atom is -0.382 e. The van der Waals surface area contributed by atoms with E-state index in [1.807, 2.05) is 6.92 Å². The number of benzene rings is 1. The zero-order valence-electron chi connectivity index (χ0n) is 11.1. The van der Waals surface area contributed by atoms with E-state index in [-0.39, 0.29) is 4.90 Å². The van der Waals surface area contributed by atoms with Crippen LogP contribution in [0, 0.1) is 6.92 Å². The molecule has 106 valence electrons. The predicted octanol–water partition coefficient (Wildman–Crippen LogP) is 1.20. The second-order valence-corrected chi connectivity index (χ2v) is 6.61. The van der Waals surface area contributed by atoms with Gasteiger partial charge in [0.2, 0.25) is 10.0 Å². The number of hydrogen-bond acceptors (Lipinski definition) is 4. The van der Waals surface area contributed by atoms with Crippen molar-refractivity contribution in [2.45, 2.75) is 37.1 Å². The smallest absolute Gasteiger partial charge is 0.238 e. The molecule has 2 rings (SSSR count). The summed E-state index contributed by atoms with van der Waals surface area (Å²) in [5.74, 6) is 0. The topological polar surface area (TPSA) is 84.2 Å². The van der Waals surface area contributed by atoms with E-state index in [0.717, 1.165) is 43.6 Å². The Balaban J connectivity index is 2.19. The minimum absolute atomic E-state index is 0.160. The molecule has 1 atom stereocenters. The van der Waals surface area contributed by atoms with Crippen molar-refractivity contribution in [3.8, 4) is 0 Å². The van der Waals surface area contributed by atoms with Crippen molar-refractivity contribution < 1.29 is 8.42 Å². The lowest BCUT2D eigenvalue weighted by Crippen LogP contribution is -2.22. The van der Waals surface area contributed by atoms with Crippen LogP contribution in [0.25, 0.3) is 0 Å². The fraction of sp³-hybridized carbons (Fsp3) is 0.538. The molecule has 0 bridgehead atoms. The fourth-order valence-corrected chi connectivity index (χ4v) is 2.86. The summed E-state index contributed by atoms with van der Waals surface area (Å²) < 4.78 is 22.8. The molecule has 0 aliphatic carbocycles. The first-order chi connectivity index (χ1) is 8.97. The Labute approximate surface area is 114 Å². The molecule has 0 amide bonds. The SMILES string of the molecule is Cc1ccc(S(N)(=O)=O)cc1NC1CCCNCC1. The van der Waals surface area contributed by atoms with E-state index in [1.54, 1.807) is 18.2 Å². The van der Waals surface area contributed by atoms with E-state index < -0.39 is 10.0 Å². The third kappa shape index (κ3) is 3.92. The summed E-state index contributed by atoms with van der Waals surface area (Å²) in [5, 5.41) is 12.0. The van der Waals surface area contributed by atoms with Crippen molar-refractivity contribution in [3.05, 3.63) is 23.8 Å². The predicted molar refractivity (Wildman–Crippen MR) is 76.7 cm³/mol. The molecule has 0 radical (unpaired) electrons. The Hall–Kier alpha value is -1.11. The van der Waals surface area contributed by atoms with Crippen molar-refractivity contribution in [2.75, 3.05) is 18.4 Å². The molecule has 19 heavy (non-hydrogen) atoms. The van der Waals surface area contributed by atoms with Gasteiger partial charge in [-0.2, -0.15) is 0 Å². The minimum atomic E-state index is -3.64. The van der Waals surface area contributed by atoms with Gasteiger partial charge in [0.15, 0.2) is 0 Å². The lowest BCUT2D eigenvalue weighted by molar-refractivity contribution is 0.597. The maximum Gasteiger partial charge on any atom is 0.238 e. The molecular formula is C13H21N3O2S. The average molecular weight is 283 g/mol. The van der Waals surface area contributed by atoms with Gasteiger partial charge in [0.1, 0.15) is 0 Å². The number of anilines is 1. The summed E-state index contributed by atoms with van der Waals surface area (Å²) in [4.78, 5) is 0.160. The Morgan fingerprint density at radius 2 is 2.11 bits per heavy atom. The number of nitrogens with one attached hydrogen (secondary N) is 2. The lowest BCUT2D eigenvalue weighted by Gasteiger charge is -2.19. The second-order valence-electron chi connectivity index (χ2n) is 5.04. The van der Waals surface area contributed by atoms with Crippen LogP contribution in [0.4, 0.5) is 5.69 Å². The second kappa shape index (κ2) is 5.90. The monoisotopic (exact) mass is 283 g/mol. The van der Waals surface area contributed by atoms with Crippen LogP contribution in [0.2, 0.25) is 0 Å². The molecule has 0 spiro atoms. The summed E-state index contributed by atoms with van der Waals surface area (Å²) in [6.07, 6.45) is 3.26. The van der Waals surface area contributed by atoms with Gasteiger partial charge in [-0.05, 0) is 57.0 Å². The van der Waals surface area contributed by atoms with Crippen LogP contribution in [-0.4, -0.2) is 27.5 Å². The van der Waals surface area contributed by atoms with E-state index in [0.29, 0.717) is 6.04 Å². The quantitative estimate of drug-likeness (QED) is 0.778. The molecular weight excluding hydrogens is 262 g/mol. The van der Waals surface area contributed by atoms with Crippen LogP contribution >= 0.6 is 0 Å². The number of rotatable bonds is 3. The molecule has 1 aliphatic rings. The maximum absolute atomic E-state index is 11.4. The standard InChI is InChI=1S/C13H21N3O2S/c1-10-4-5-12(19(14,17)18)9-13(10)16-11-3-2-7-15-8-6-11/h4-5,9,11,15-16H,2-3,6-8H2,1H3,(H2,14,17,18). The van der Waals surface area contributed by atoms with E-state index in [4.69, 9.17) is 5.14 Å². The molecule has 1 aromatic carbocycles. The highest BCUT2D eigenvalue weighted by molar-refractivity contribution is 7.89. The largest absolute Gasteiger partial charge is 0.382 e. The first kappa shape index (κ1) is 14.3. The van der Waals surface area contributed by atoms with Crippen molar-refractivity contribution in [1.82, 2.24) is 5.32 Å². The van der Waals surface area contributed by atoms with Crippen molar-refractivity contribution in [2.24, 2.45) is 5.14 Å². The molecule has 0 saturated carbocycles. The Morgan fingerprint density at radius 1 is 1.32 bits per heavy atom. The molecule has 0 aromatic heterocycles. The van der Waals surface area contributed by atoms with Crippen LogP contribution < -0.4 is 15.8 Å². The highest BCUT2D eigenvalue weighted by Gasteiger charge is 2.14. The summed E-state index contributed by atoms with van der Waals surface area (Å²) in [6.45, 7) is 4.00. The maximum atomic E-state index is 11.4. The fourth-order valence-electron chi connectivity index (χ4n) is 2.32. The van der Waals surface area contributed by atoms with Crippen LogP contribution in [0.5, 0.6) is 0 Å². The van der Waals surface area contributed by atoms with Gasteiger partial charge >= 0.3 is 0 Å². The van der Waals surface area contributed by atoms with Crippen LogP contribution in [0.3, 0.4) is 0 Å². The average Bonchev–Trinajstić information content (AvgIpc) is 2.59. The third-order valence-corrected chi connectivity index (χ3v) is 4.38. The number of hydrogen-bond donors (Lipinski definition) is 3. The number of sulfonamides is 1. The summed E-state index contributed by atoms with van der Waals surface area (Å²) in [7, 11) is -3.64. The van der Waals surface area contributed by atoms with Gasteiger partial charge in [-0.25, -0.2) is 13.6 Å². The normalized spacial score (nSPS) is 20.8. The van der Waals surface area contributed by atoms with E-state index in [9.17, 15) is 8.42 Å². The van der Waals surface area contributed by atoms with Gasteiger partial charge in [0.25, 0.3) is 0 Å². The molecule has 1 aromatic rings. The summed E-state index contributed by atoms with van der Waals surface area (Å²) in [6, 6.07) is 5.34. The highest BCUT2D eigenvalue weighted by atomic mass is 32.2. The Kier molecular flexibility index (Phi) is 4.44. The molecule has 1 saturated heterocycles. The van der Waals surface area contributed by atoms with Crippen molar-refractivity contribution in [3.63, 3.8) is 0 Å². The van der Waals surface area contributed by atoms with Gasteiger partial charge in [-0.1, -0.05) is 6.07 Å². The van der Waals surface area contributed by atoms with Crippen LogP contribution in [-0.2, 0) is 10.0 Å². The van der Waals surface area contributed by atoms with Crippen molar-refractivity contribution >= 4 is 15.7 Å². The summed E-state index contributed by atoms with van der Waals surface area (Å²) >= 11 is 0. The molecule has 1 unspecified atom stereocenters. The van der Waals surface area contributed by atoms with Crippen LogP contribution in [0.15, 0.2) is 23.1 Å². The molecule has 1 aliphatic heterocycles. The number of aryl methyl sites for hydroxylation is 1. The van der Waals surface area contributed by atoms with Gasteiger partial charge in [0, 0.05) is 11.7 Å². The van der Waals surface area contributed by atoms with E-state index in [2.05, 4.69) is 10.6 Å². The molecule has 1 fully saturated rings. The highest BCUT2D eigenvalue weighted by Crippen LogP contribution is 2.22. The van der Waals surface area contributed by atoms with Gasteiger partial charge in [0.05, 0.1) is 4.90 Å². The lowest BCUT2D eigenvalue weighted by atomic mass is 10.1. The van der Waals surface area contributed by atoms with Crippen LogP contribution in [0.1, 0.15) is 24.8 Å². The van der Waals surface area contributed by atoms with E-state index in [1.165, 1.54) is 0 Å². The van der Waals surface area contributed by atoms with E-state index >= 15 is 0 Å². The summed E-state index contributed by atoms with van der Waals surface area (Å²) in [5.41, 5.74) is 1.89. The molecule has 5 nitrogen and oxygen atoms in total. The zero-order chi connectivity index (χ0) is 13.9. The molecule has 4 N–H and O–H groups in total.